The number of hydrogen-bond acceptors (Lipinski definition) is 5. The van der Waals surface area contributed by atoms with Gasteiger partial charge in [0.1, 0.15) is 0 Å². The average molecular weight is 384 g/mol. The first-order valence-corrected chi connectivity index (χ1v) is 10.1. The number of fused-ring (bicyclic) bond motifs is 1. The lowest BCUT2D eigenvalue weighted by molar-refractivity contribution is -0.118. The van der Waals surface area contributed by atoms with E-state index in [1.165, 1.54) is 22.9 Å². The van der Waals surface area contributed by atoms with Crippen LogP contribution in [0.4, 0.5) is 0 Å². The number of hydrogen-bond donors (Lipinski definition) is 1. The van der Waals surface area contributed by atoms with E-state index in [0.717, 1.165) is 29.8 Å². The Balaban J connectivity index is 1.81. The molecule has 2 heterocycles. The summed E-state index contributed by atoms with van der Waals surface area (Å²) in [6, 6.07) is 8.55. The molecule has 3 rings (SSSR count). The van der Waals surface area contributed by atoms with Gasteiger partial charge in [0.05, 0.1) is 5.75 Å². The third-order valence-electron chi connectivity index (χ3n) is 4.44. The van der Waals surface area contributed by atoms with Gasteiger partial charge in [0.2, 0.25) is 11.1 Å². The van der Waals surface area contributed by atoms with Gasteiger partial charge in [-0.2, -0.15) is 4.98 Å². The summed E-state index contributed by atoms with van der Waals surface area (Å²) in [6.07, 6.45) is 1.73. The van der Waals surface area contributed by atoms with E-state index in [4.69, 9.17) is 0 Å². The number of aromatic nitrogens is 4. The van der Waals surface area contributed by atoms with Crippen LogP contribution in [0.15, 0.2) is 29.4 Å². The van der Waals surface area contributed by atoms with Crippen molar-refractivity contribution in [3.05, 3.63) is 52.3 Å². The van der Waals surface area contributed by atoms with Crippen molar-refractivity contribution in [2.45, 2.75) is 45.7 Å². The minimum atomic E-state index is 0.00151. The molecule has 7 heteroatoms. The van der Waals surface area contributed by atoms with Crippen molar-refractivity contribution in [1.82, 2.24) is 24.9 Å². The Kier molecular flexibility index (Phi) is 6.11. The highest BCUT2D eigenvalue weighted by atomic mass is 32.2. The summed E-state index contributed by atoms with van der Waals surface area (Å²) >= 11 is 1.34. The molecule has 0 aliphatic rings. The zero-order valence-electron chi connectivity index (χ0n) is 16.2. The second-order valence-electron chi connectivity index (χ2n) is 6.67. The monoisotopic (exact) mass is 383 g/mol. The molecule has 27 heavy (non-hydrogen) atoms. The molecule has 6 nitrogen and oxygen atoms in total. The Morgan fingerprint density at radius 1 is 1.15 bits per heavy atom. The summed E-state index contributed by atoms with van der Waals surface area (Å²) in [5.41, 5.74) is 5.66. The van der Waals surface area contributed by atoms with Crippen molar-refractivity contribution in [2.75, 3.05) is 12.3 Å². The number of nitrogens with zero attached hydrogens (tertiary/aromatic N) is 4. The van der Waals surface area contributed by atoms with Crippen molar-refractivity contribution in [3.8, 4) is 0 Å². The van der Waals surface area contributed by atoms with Gasteiger partial charge in [-0.25, -0.2) is 9.50 Å². The molecule has 0 saturated heterocycles. The van der Waals surface area contributed by atoms with Crippen LogP contribution in [0.25, 0.3) is 5.78 Å². The summed E-state index contributed by atoms with van der Waals surface area (Å²) in [6.45, 7) is 8.87. The summed E-state index contributed by atoms with van der Waals surface area (Å²) in [4.78, 5) is 20.9. The summed E-state index contributed by atoms with van der Waals surface area (Å²) in [7, 11) is 0. The predicted molar refractivity (Wildman–Crippen MR) is 108 cm³/mol. The van der Waals surface area contributed by atoms with Crippen LogP contribution in [0.2, 0.25) is 0 Å². The molecule has 0 unspecified atom stereocenters. The number of aryl methyl sites for hydroxylation is 3. The van der Waals surface area contributed by atoms with Gasteiger partial charge in [-0.15, -0.1) is 5.10 Å². The fraction of sp³-hybridized carbons (Fsp3) is 0.400. The molecule has 1 N–H and O–H groups in total. The molecule has 0 fully saturated rings. The van der Waals surface area contributed by atoms with E-state index in [0.29, 0.717) is 23.2 Å². The summed E-state index contributed by atoms with van der Waals surface area (Å²) in [5.74, 6) is 0.890. The van der Waals surface area contributed by atoms with E-state index in [-0.39, 0.29) is 5.91 Å². The molecule has 142 valence electrons. The number of amides is 1. The lowest BCUT2D eigenvalue weighted by atomic mass is 10.0. The first-order valence-electron chi connectivity index (χ1n) is 9.15. The average Bonchev–Trinajstić information content (AvgIpc) is 3.06. The third kappa shape index (κ3) is 4.66. The maximum Gasteiger partial charge on any atom is 0.253 e. The minimum Gasteiger partial charge on any atom is -0.355 e. The van der Waals surface area contributed by atoms with Crippen LogP contribution in [-0.4, -0.2) is 37.8 Å². The summed E-state index contributed by atoms with van der Waals surface area (Å²) in [5, 5.41) is 7.98. The Morgan fingerprint density at radius 2 is 1.89 bits per heavy atom. The van der Waals surface area contributed by atoms with E-state index in [1.807, 2.05) is 20.8 Å². The van der Waals surface area contributed by atoms with Gasteiger partial charge in [0.15, 0.2) is 0 Å². The van der Waals surface area contributed by atoms with Crippen molar-refractivity contribution in [1.29, 1.82) is 0 Å². The summed E-state index contributed by atoms with van der Waals surface area (Å²) < 4.78 is 1.78. The van der Waals surface area contributed by atoms with E-state index in [1.54, 1.807) is 4.52 Å². The SMILES string of the molecule is CCCNC(=O)CSc1nc2nc(C)c(Cc3ccc(C)cc3)c(C)n2n1. The number of carbonyl (C=O) groups is 1. The van der Waals surface area contributed by atoms with E-state index < -0.39 is 0 Å². The van der Waals surface area contributed by atoms with Crippen LogP contribution in [0.5, 0.6) is 0 Å². The van der Waals surface area contributed by atoms with Crippen LogP contribution in [-0.2, 0) is 11.2 Å². The molecule has 3 aromatic rings. The number of rotatable bonds is 7. The van der Waals surface area contributed by atoms with Gasteiger partial charge < -0.3 is 5.32 Å². The smallest absolute Gasteiger partial charge is 0.253 e. The highest BCUT2D eigenvalue weighted by Gasteiger charge is 2.15. The molecule has 0 saturated carbocycles. The van der Waals surface area contributed by atoms with Crippen LogP contribution in [0.1, 0.15) is 41.4 Å². The Morgan fingerprint density at radius 3 is 2.59 bits per heavy atom. The Labute approximate surface area is 163 Å². The lowest BCUT2D eigenvalue weighted by Gasteiger charge is -2.10. The number of benzene rings is 1. The molecular weight excluding hydrogens is 358 g/mol. The number of thioether (sulfide) groups is 1. The molecule has 2 aromatic heterocycles. The molecule has 0 aliphatic carbocycles. The largest absolute Gasteiger partial charge is 0.355 e. The Hall–Kier alpha value is -2.41. The maximum absolute atomic E-state index is 11.8. The van der Waals surface area contributed by atoms with Crippen LogP contribution in [0.3, 0.4) is 0 Å². The van der Waals surface area contributed by atoms with Gasteiger partial charge in [0, 0.05) is 24.4 Å². The fourth-order valence-electron chi connectivity index (χ4n) is 2.86. The quantitative estimate of drug-likeness (QED) is 0.634. The lowest BCUT2D eigenvalue weighted by Crippen LogP contribution is -2.25. The molecule has 0 radical (unpaired) electrons. The second kappa shape index (κ2) is 8.52. The first-order chi connectivity index (χ1) is 13.0. The molecule has 0 spiro atoms. The van der Waals surface area contributed by atoms with Crippen LogP contribution in [0, 0.1) is 20.8 Å². The third-order valence-corrected chi connectivity index (χ3v) is 5.27. The topological polar surface area (TPSA) is 72.2 Å². The number of nitrogens with one attached hydrogen (secondary N) is 1. The van der Waals surface area contributed by atoms with Crippen LogP contribution < -0.4 is 5.32 Å². The molecule has 0 aliphatic heterocycles. The highest BCUT2D eigenvalue weighted by molar-refractivity contribution is 7.99. The molecule has 0 bridgehead atoms. The minimum absolute atomic E-state index is 0.00151. The van der Waals surface area contributed by atoms with Gasteiger partial charge in [-0.1, -0.05) is 48.5 Å². The molecular formula is C20H25N5OS. The van der Waals surface area contributed by atoms with Gasteiger partial charge >= 0.3 is 0 Å². The van der Waals surface area contributed by atoms with Crippen LogP contribution >= 0.6 is 11.8 Å². The molecule has 0 atom stereocenters. The van der Waals surface area contributed by atoms with Crippen molar-refractivity contribution < 1.29 is 4.79 Å². The standard InChI is InChI=1S/C20H25N5OS/c1-5-10-21-18(26)12-27-20-23-19-22-14(3)17(15(4)25(19)24-20)11-16-8-6-13(2)7-9-16/h6-9H,5,10-12H2,1-4H3,(H,21,26). The fourth-order valence-corrected chi connectivity index (χ4v) is 3.51. The van der Waals surface area contributed by atoms with E-state index in [2.05, 4.69) is 51.6 Å². The van der Waals surface area contributed by atoms with Gasteiger partial charge in [-0.05, 0) is 38.3 Å². The number of carbonyl (C=O) groups excluding carboxylic acids is 1. The van der Waals surface area contributed by atoms with Gasteiger partial charge in [-0.3, -0.25) is 4.79 Å². The zero-order chi connectivity index (χ0) is 19.4. The normalized spacial score (nSPS) is 11.1. The van der Waals surface area contributed by atoms with Gasteiger partial charge in [0.25, 0.3) is 5.78 Å². The van der Waals surface area contributed by atoms with Crippen molar-refractivity contribution >= 4 is 23.4 Å². The zero-order valence-corrected chi connectivity index (χ0v) is 17.1. The molecule has 1 amide bonds. The predicted octanol–water partition coefficient (Wildman–Crippen LogP) is 3.26. The highest BCUT2D eigenvalue weighted by Crippen LogP contribution is 2.20. The van der Waals surface area contributed by atoms with Crippen molar-refractivity contribution in [3.63, 3.8) is 0 Å². The maximum atomic E-state index is 11.8. The first kappa shape index (κ1) is 19.4. The van der Waals surface area contributed by atoms with Crippen molar-refractivity contribution in [2.24, 2.45) is 0 Å². The molecule has 1 aromatic carbocycles. The van der Waals surface area contributed by atoms with E-state index in [9.17, 15) is 4.79 Å². The second-order valence-corrected chi connectivity index (χ2v) is 7.61. The van der Waals surface area contributed by atoms with E-state index >= 15 is 0 Å². The Bertz CT molecular complexity index is 949.